The number of aromatic nitrogens is 2. The monoisotopic (exact) mass is 304 g/mol. The molecule has 6 heteroatoms. The van der Waals surface area contributed by atoms with Gasteiger partial charge in [0.05, 0.1) is 17.1 Å². The molecule has 0 aliphatic rings. The third kappa shape index (κ3) is 4.26. The van der Waals surface area contributed by atoms with E-state index in [0.29, 0.717) is 12.5 Å². The molecule has 5 nitrogen and oxygen atoms in total. The van der Waals surface area contributed by atoms with E-state index in [1.165, 1.54) is 11.5 Å². The van der Waals surface area contributed by atoms with Crippen LogP contribution in [0.25, 0.3) is 0 Å². The first-order chi connectivity index (χ1) is 9.95. The van der Waals surface area contributed by atoms with Gasteiger partial charge in [0, 0.05) is 5.69 Å². The van der Waals surface area contributed by atoms with Crippen LogP contribution >= 0.6 is 11.5 Å². The molecule has 2 amide bonds. The Morgan fingerprint density at radius 3 is 2.52 bits per heavy atom. The third-order valence-corrected chi connectivity index (χ3v) is 3.76. The third-order valence-electron chi connectivity index (χ3n) is 3.02. The molecule has 2 N–H and O–H groups in total. The first kappa shape index (κ1) is 15.4. The average Bonchev–Trinajstić information content (AvgIpc) is 2.83. The Morgan fingerprint density at radius 2 is 1.90 bits per heavy atom. The van der Waals surface area contributed by atoms with Crippen molar-refractivity contribution in [2.45, 2.75) is 40.2 Å². The lowest BCUT2D eigenvalue weighted by Gasteiger charge is -2.09. The van der Waals surface area contributed by atoms with Crippen LogP contribution in [0.2, 0.25) is 0 Å². The predicted octanol–water partition coefficient (Wildman–Crippen LogP) is 3.60. The molecule has 2 aromatic rings. The summed E-state index contributed by atoms with van der Waals surface area (Å²) in [5.41, 5.74) is 4.00. The van der Waals surface area contributed by atoms with Crippen LogP contribution < -0.4 is 10.6 Å². The van der Waals surface area contributed by atoms with Gasteiger partial charge in [0.25, 0.3) is 0 Å². The van der Waals surface area contributed by atoms with Gasteiger partial charge in [-0.2, -0.15) is 0 Å². The molecule has 0 saturated carbocycles. The van der Waals surface area contributed by atoms with Gasteiger partial charge in [-0.15, -0.1) is 5.10 Å². The Kier molecular flexibility index (Phi) is 4.90. The minimum absolute atomic E-state index is 0.219. The van der Waals surface area contributed by atoms with Crippen molar-refractivity contribution >= 4 is 23.3 Å². The molecule has 0 aliphatic heterocycles. The molecular weight excluding hydrogens is 284 g/mol. The fourth-order valence-corrected chi connectivity index (χ4v) is 2.89. The van der Waals surface area contributed by atoms with Crippen LogP contribution in [0.1, 0.15) is 41.5 Å². The SMILES string of the molecule is Cc1cc(C)cc(NC(=O)NCc2snnc2C(C)C)c1. The van der Waals surface area contributed by atoms with Crippen LogP contribution in [0.3, 0.4) is 0 Å². The van der Waals surface area contributed by atoms with Crippen LogP contribution in [0.15, 0.2) is 18.2 Å². The van der Waals surface area contributed by atoms with Gasteiger partial charge in [-0.05, 0) is 54.6 Å². The average molecular weight is 304 g/mol. The number of anilines is 1. The Labute approximate surface area is 128 Å². The minimum atomic E-state index is -0.219. The zero-order valence-corrected chi connectivity index (χ0v) is 13.5. The lowest BCUT2D eigenvalue weighted by molar-refractivity contribution is 0.252. The van der Waals surface area contributed by atoms with Gasteiger partial charge in [0.2, 0.25) is 0 Å². The van der Waals surface area contributed by atoms with Crippen molar-refractivity contribution in [2.24, 2.45) is 0 Å². The van der Waals surface area contributed by atoms with Gasteiger partial charge >= 0.3 is 6.03 Å². The Bertz CT molecular complexity index is 616. The number of aryl methyl sites for hydroxylation is 2. The van der Waals surface area contributed by atoms with Crippen molar-refractivity contribution in [1.29, 1.82) is 0 Å². The molecule has 0 spiro atoms. The number of nitrogens with one attached hydrogen (secondary N) is 2. The quantitative estimate of drug-likeness (QED) is 0.907. The summed E-state index contributed by atoms with van der Waals surface area (Å²) in [6.45, 7) is 8.59. The molecule has 0 radical (unpaired) electrons. The largest absolute Gasteiger partial charge is 0.333 e. The Hall–Kier alpha value is -1.95. The number of amides is 2. The van der Waals surface area contributed by atoms with Crippen LogP contribution in [0, 0.1) is 13.8 Å². The number of hydrogen-bond acceptors (Lipinski definition) is 4. The maximum absolute atomic E-state index is 12.0. The van der Waals surface area contributed by atoms with Crippen LogP contribution in [-0.2, 0) is 6.54 Å². The van der Waals surface area contributed by atoms with Crippen molar-refractivity contribution in [2.75, 3.05) is 5.32 Å². The van der Waals surface area contributed by atoms with Crippen LogP contribution in [-0.4, -0.2) is 15.6 Å². The van der Waals surface area contributed by atoms with Gasteiger partial charge in [-0.3, -0.25) is 0 Å². The van der Waals surface area contributed by atoms with E-state index in [1.807, 2.05) is 26.0 Å². The van der Waals surface area contributed by atoms with Gasteiger partial charge in [0.1, 0.15) is 0 Å². The van der Waals surface area contributed by atoms with Gasteiger partial charge < -0.3 is 10.6 Å². The zero-order valence-electron chi connectivity index (χ0n) is 12.7. The molecule has 0 saturated heterocycles. The van der Waals surface area contributed by atoms with E-state index < -0.39 is 0 Å². The molecule has 0 bridgehead atoms. The van der Waals surface area contributed by atoms with Gasteiger partial charge in [-0.25, -0.2) is 4.79 Å². The van der Waals surface area contributed by atoms with E-state index >= 15 is 0 Å². The Balaban J connectivity index is 1.94. The van der Waals surface area contributed by atoms with Crippen LogP contribution in [0.4, 0.5) is 10.5 Å². The van der Waals surface area contributed by atoms with Crippen molar-refractivity contribution in [3.63, 3.8) is 0 Å². The number of hydrogen-bond donors (Lipinski definition) is 2. The lowest BCUT2D eigenvalue weighted by Crippen LogP contribution is -2.28. The predicted molar refractivity (Wildman–Crippen MR) is 85.8 cm³/mol. The lowest BCUT2D eigenvalue weighted by atomic mass is 10.1. The minimum Gasteiger partial charge on any atom is -0.333 e. The van der Waals surface area contributed by atoms with E-state index in [4.69, 9.17) is 0 Å². The fourth-order valence-electron chi connectivity index (χ4n) is 2.16. The number of benzene rings is 1. The second-order valence-electron chi connectivity index (χ2n) is 5.42. The zero-order chi connectivity index (χ0) is 15.4. The first-order valence-corrected chi connectivity index (χ1v) is 7.67. The Morgan fingerprint density at radius 1 is 1.24 bits per heavy atom. The standard InChI is InChI=1S/C15H20N4OS/c1-9(2)14-13(21-19-18-14)8-16-15(20)17-12-6-10(3)5-11(4)7-12/h5-7,9H,8H2,1-4H3,(H2,16,17,20). The first-order valence-electron chi connectivity index (χ1n) is 6.90. The van der Waals surface area contributed by atoms with Gasteiger partial charge in [0.15, 0.2) is 0 Å². The maximum atomic E-state index is 12.0. The molecule has 21 heavy (non-hydrogen) atoms. The van der Waals surface area contributed by atoms with Crippen molar-refractivity contribution in [3.8, 4) is 0 Å². The molecule has 0 aliphatic carbocycles. The van der Waals surface area contributed by atoms with E-state index in [2.05, 4.69) is 40.1 Å². The highest BCUT2D eigenvalue weighted by molar-refractivity contribution is 7.05. The topological polar surface area (TPSA) is 66.9 Å². The second-order valence-corrected chi connectivity index (χ2v) is 6.26. The highest BCUT2D eigenvalue weighted by atomic mass is 32.1. The van der Waals surface area contributed by atoms with E-state index in [9.17, 15) is 4.79 Å². The summed E-state index contributed by atoms with van der Waals surface area (Å²) >= 11 is 1.33. The molecule has 0 fully saturated rings. The molecule has 112 valence electrons. The summed E-state index contributed by atoms with van der Waals surface area (Å²) < 4.78 is 3.95. The number of nitrogens with zero attached hydrogens (tertiary/aromatic N) is 2. The van der Waals surface area contributed by atoms with E-state index in [0.717, 1.165) is 27.4 Å². The molecule has 0 atom stereocenters. The summed E-state index contributed by atoms with van der Waals surface area (Å²) in [6, 6.07) is 5.74. The van der Waals surface area contributed by atoms with Crippen molar-refractivity contribution in [1.82, 2.24) is 14.9 Å². The number of carbonyl (C=O) groups excluding carboxylic acids is 1. The highest BCUT2D eigenvalue weighted by Gasteiger charge is 2.12. The summed E-state index contributed by atoms with van der Waals surface area (Å²) in [6.07, 6.45) is 0. The highest BCUT2D eigenvalue weighted by Crippen LogP contribution is 2.19. The molecule has 0 unspecified atom stereocenters. The second kappa shape index (κ2) is 6.67. The molecule has 1 aromatic heterocycles. The molecule has 1 aromatic carbocycles. The van der Waals surface area contributed by atoms with Gasteiger partial charge in [-0.1, -0.05) is 24.4 Å². The van der Waals surface area contributed by atoms with E-state index in [-0.39, 0.29) is 6.03 Å². The summed E-state index contributed by atoms with van der Waals surface area (Å²) in [4.78, 5) is 13.0. The maximum Gasteiger partial charge on any atom is 0.319 e. The van der Waals surface area contributed by atoms with Crippen molar-refractivity contribution in [3.05, 3.63) is 39.9 Å². The number of carbonyl (C=O) groups is 1. The fraction of sp³-hybridized carbons (Fsp3) is 0.400. The van der Waals surface area contributed by atoms with Crippen LogP contribution in [0.5, 0.6) is 0 Å². The normalized spacial score (nSPS) is 10.7. The molecule has 2 rings (SSSR count). The number of rotatable bonds is 4. The van der Waals surface area contributed by atoms with Crippen molar-refractivity contribution < 1.29 is 4.79 Å². The summed E-state index contributed by atoms with van der Waals surface area (Å²) in [5, 5.41) is 9.79. The number of urea groups is 1. The summed E-state index contributed by atoms with van der Waals surface area (Å²) in [5.74, 6) is 0.308. The van der Waals surface area contributed by atoms with E-state index in [1.54, 1.807) is 0 Å². The summed E-state index contributed by atoms with van der Waals surface area (Å²) in [7, 11) is 0. The molecular formula is C15H20N4OS. The molecule has 1 heterocycles. The smallest absolute Gasteiger partial charge is 0.319 e.